The second-order valence-corrected chi connectivity index (χ2v) is 4.79. The molecule has 1 amide bonds. The van der Waals surface area contributed by atoms with Gasteiger partial charge in [-0.2, -0.15) is 0 Å². The van der Waals surface area contributed by atoms with Crippen LogP contribution in [0.2, 0.25) is 0 Å². The van der Waals surface area contributed by atoms with E-state index in [-0.39, 0.29) is 18.9 Å². The fourth-order valence-corrected chi connectivity index (χ4v) is 2.15. The summed E-state index contributed by atoms with van der Waals surface area (Å²) in [6.45, 7) is 0.214. The monoisotopic (exact) mass is 253 g/mol. The van der Waals surface area contributed by atoms with Gasteiger partial charge in [0.25, 0.3) is 0 Å². The molecular formula is C14H23NO3. The molecule has 2 N–H and O–H groups in total. The van der Waals surface area contributed by atoms with Crippen molar-refractivity contribution in [1.29, 1.82) is 0 Å². The third-order valence-electron chi connectivity index (χ3n) is 3.21. The van der Waals surface area contributed by atoms with E-state index in [1.165, 1.54) is 25.7 Å². The summed E-state index contributed by atoms with van der Waals surface area (Å²) >= 11 is 0. The Bertz CT molecular complexity index is 310. The number of aliphatic carboxylic acids is 1. The number of allylic oxidation sites excluding steroid dienone is 1. The highest BCUT2D eigenvalue weighted by atomic mass is 16.4. The van der Waals surface area contributed by atoms with Crippen molar-refractivity contribution in [3.63, 3.8) is 0 Å². The molecule has 0 atom stereocenters. The summed E-state index contributed by atoms with van der Waals surface area (Å²) in [7, 11) is 0. The van der Waals surface area contributed by atoms with Gasteiger partial charge in [0.05, 0.1) is 6.42 Å². The quantitative estimate of drug-likeness (QED) is 0.809. The molecule has 0 bridgehead atoms. The Morgan fingerprint density at radius 1 is 1.11 bits per heavy atom. The number of hydrogen-bond acceptors (Lipinski definition) is 2. The number of nitrogens with one attached hydrogen (secondary N) is 1. The first kappa shape index (κ1) is 14.7. The highest BCUT2D eigenvalue weighted by Gasteiger charge is 2.10. The molecule has 0 aromatic rings. The smallest absolute Gasteiger partial charge is 0.305 e. The van der Waals surface area contributed by atoms with E-state index < -0.39 is 5.97 Å². The van der Waals surface area contributed by atoms with Crippen molar-refractivity contribution in [2.75, 3.05) is 6.54 Å². The summed E-state index contributed by atoms with van der Waals surface area (Å²) in [5.41, 5.74) is 0.835. The van der Waals surface area contributed by atoms with Gasteiger partial charge in [0.1, 0.15) is 0 Å². The first-order chi connectivity index (χ1) is 8.70. The number of carboxylic acid groups (broad SMARTS) is 1. The van der Waals surface area contributed by atoms with E-state index in [9.17, 15) is 9.59 Å². The van der Waals surface area contributed by atoms with Gasteiger partial charge in [-0.15, -0.1) is 0 Å². The summed E-state index contributed by atoms with van der Waals surface area (Å²) < 4.78 is 0. The zero-order chi connectivity index (χ0) is 13.2. The van der Waals surface area contributed by atoms with Crippen LogP contribution in [-0.4, -0.2) is 23.5 Å². The van der Waals surface area contributed by atoms with Gasteiger partial charge in [-0.3, -0.25) is 9.59 Å². The SMILES string of the molecule is O=C(O)CCNC(=O)/C1=C/CCCCCCCC1. The van der Waals surface area contributed by atoms with E-state index in [0.717, 1.165) is 31.3 Å². The highest BCUT2D eigenvalue weighted by Crippen LogP contribution is 2.16. The van der Waals surface area contributed by atoms with E-state index in [1.54, 1.807) is 0 Å². The predicted molar refractivity (Wildman–Crippen MR) is 70.3 cm³/mol. The lowest BCUT2D eigenvalue weighted by Crippen LogP contribution is -2.27. The van der Waals surface area contributed by atoms with E-state index >= 15 is 0 Å². The van der Waals surface area contributed by atoms with Gasteiger partial charge in [0, 0.05) is 12.1 Å². The molecular weight excluding hydrogens is 230 g/mol. The minimum absolute atomic E-state index is 0.0149. The summed E-state index contributed by atoms with van der Waals surface area (Å²) in [5, 5.41) is 11.2. The maximum absolute atomic E-state index is 11.9. The molecule has 4 nitrogen and oxygen atoms in total. The molecule has 4 heteroatoms. The Balaban J connectivity index is 2.40. The topological polar surface area (TPSA) is 66.4 Å². The lowest BCUT2D eigenvalue weighted by atomic mass is 10.00. The molecule has 0 spiro atoms. The summed E-state index contributed by atoms with van der Waals surface area (Å²) in [6.07, 6.45) is 11.0. The summed E-state index contributed by atoms with van der Waals surface area (Å²) in [4.78, 5) is 22.2. The zero-order valence-electron chi connectivity index (χ0n) is 10.9. The van der Waals surface area contributed by atoms with Crippen LogP contribution in [0.3, 0.4) is 0 Å². The number of carboxylic acids is 1. The molecule has 0 radical (unpaired) electrons. The lowest BCUT2D eigenvalue weighted by molar-refractivity contribution is -0.136. The Morgan fingerprint density at radius 2 is 1.78 bits per heavy atom. The van der Waals surface area contributed by atoms with Gasteiger partial charge in [-0.1, -0.05) is 31.8 Å². The predicted octanol–water partition coefficient (Wildman–Crippen LogP) is 2.64. The zero-order valence-corrected chi connectivity index (χ0v) is 10.9. The van der Waals surface area contributed by atoms with Gasteiger partial charge in [0.15, 0.2) is 0 Å². The molecule has 0 aliphatic heterocycles. The van der Waals surface area contributed by atoms with Crippen LogP contribution in [0.5, 0.6) is 0 Å². The third kappa shape index (κ3) is 6.42. The maximum Gasteiger partial charge on any atom is 0.305 e. The minimum atomic E-state index is -0.879. The van der Waals surface area contributed by atoms with Crippen LogP contribution in [0, 0.1) is 0 Å². The second kappa shape index (κ2) is 8.72. The van der Waals surface area contributed by atoms with Crippen molar-refractivity contribution < 1.29 is 14.7 Å². The van der Waals surface area contributed by atoms with E-state index in [4.69, 9.17) is 5.11 Å². The molecule has 0 heterocycles. The van der Waals surface area contributed by atoms with Crippen LogP contribution in [0.1, 0.15) is 57.8 Å². The second-order valence-electron chi connectivity index (χ2n) is 4.79. The van der Waals surface area contributed by atoms with Gasteiger partial charge in [0.2, 0.25) is 5.91 Å². The van der Waals surface area contributed by atoms with Gasteiger partial charge in [-0.05, 0) is 25.7 Å². The minimum Gasteiger partial charge on any atom is -0.481 e. The van der Waals surface area contributed by atoms with Crippen molar-refractivity contribution >= 4 is 11.9 Å². The lowest BCUT2D eigenvalue weighted by Gasteiger charge is -2.10. The number of carbonyl (C=O) groups excluding carboxylic acids is 1. The van der Waals surface area contributed by atoms with Gasteiger partial charge < -0.3 is 10.4 Å². The molecule has 0 fully saturated rings. The number of amides is 1. The van der Waals surface area contributed by atoms with E-state index in [1.807, 2.05) is 6.08 Å². The van der Waals surface area contributed by atoms with Crippen molar-refractivity contribution in [1.82, 2.24) is 5.32 Å². The van der Waals surface area contributed by atoms with Crippen molar-refractivity contribution in [2.45, 2.75) is 57.8 Å². The van der Waals surface area contributed by atoms with Crippen molar-refractivity contribution in [2.24, 2.45) is 0 Å². The number of rotatable bonds is 4. The molecule has 0 unspecified atom stereocenters. The average Bonchev–Trinajstić information content (AvgIpc) is 2.35. The normalized spacial score (nSPS) is 20.6. The Kier molecular flexibility index (Phi) is 7.14. The van der Waals surface area contributed by atoms with Gasteiger partial charge >= 0.3 is 5.97 Å². The maximum atomic E-state index is 11.9. The first-order valence-electron chi connectivity index (χ1n) is 6.89. The van der Waals surface area contributed by atoms with Crippen molar-refractivity contribution in [3.05, 3.63) is 11.6 Å². The molecule has 1 aliphatic rings. The summed E-state index contributed by atoms with van der Waals surface area (Å²) in [6, 6.07) is 0. The molecule has 0 saturated carbocycles. The van der Waals surface area contributed by atoms with Crippen molar-refractivity contribution in [3.8, 4) is 0 Å². The molecule has 1 aliphatic carbocycles. The molecule has 102 valence electrons. The molecule has 0 aromatic heterocycles. The van der Waals surface area contributed by atoms with E-state index in [2.05, 4.69) is 5.32 Å². The van der Waals surface area contributed by atoms with Gasteiger partial charge in [-0.25, -0.2) is 0 Å². The number of hydrogen-bond donors (Lipinski definition) is 2. The van der Waals surface area contributed by atoms with Crippen LogP contribution < -0.4 is 5.32 Å². The Hall–Kier alpha value is -1.32. The Morgan fingerprint density at radius 3 is 2.50 bits per heavy atom. The molecule has 1 rings (SSSR count). The molecule has 0 saturated heterocycles. The van der Waals surface area contributed by atoms with Crippen LogP contribution in [0.4, 0.5) is 0 Å². The highest BCUT2D eigenvalue weighted by molar-refractivity contribution is 5.93. The standard InChI is InChI=1S/C14H23NO3/c16-13(17)10-11-15-14(18)12-8-6-4-2-1-3-5-7-9-12/h8H,1-7,9-11H2,(H,15,18)(H,16,17)/b12-8+. The van der Waals surface area contributed by atoms with Crippen LogP contribution in [-0.2, 0) is 9.59 Å². The average molecular weight is 253 g/mol. The molecule has 18 heavy (non-hydrogen) atoms. The fourth-order valence-electron chi connectivity index (χ4n) is 2.15. The van der Waals surface area contributed by atoms with Crippen LogP contribution >= 0.6 is 0 Å². The summed E-state index contributed by atoms with van der Waals surface area (Å²) in [5.74, 6) is -0.966. The third-order valence-corrected chi connectivity index (χ3v) is 3.21. The largest absolute Gasteiger partial charge is 0.481 e. The fraction of sp³-hybridized carbons (Fsp3) is 0.714. The van der Waals surface area contributed by atoms with Crippen LogP contribution in [0.15, 0.2) is 11.6 Å². The molecule has 0 aromatic carbocycles. The number of carbonyl (C=O) groups is 2. The van der Waals surface area contributed by atoms with E-state index in [0.29, 0.717) is 0 Å². The van der Waals surface area contributed by atoms with Crippen LogP contribution in [0.25, 0.3) is 0 Å². The first-order valence-corrected chi connectivity index (χ1v) is 6.89. The Labute approximate surface area is 108 Å².